The molecule has 0 bridgehead atoms. The van der Waals surface area contributed by atoms with E-state index in [-0.39, 0.29) is 12.2 Å². The Hall–Kier alpha value is -3.16. The van der Waals surface area contributed by atoms with E-state index in [1.54, 1.807) is 18.2 Å². The highest BCUT2D eigenvalue weighted by molar-refractivity contribution is 6.01. The molecule has 0 fully saturated rings. The van der Waals surface area contributed by atoms with Gasteiger partial charge in [-0.2, -0.15) is 0 Å². The molecule has 23 heavy (non-hydrogen) atoms. The predicted molar refractivity (Wildman–Crippen MR) is 79.7 cm³/mol. The number of carbonyl (C=O) groups excluding carboxylic acids is 1. The Kier molecular flexibility index (Phi) is 5.08. The standard InChI is InChI=1S/C15H15N3O5/c1-22-10-5-3-4-9(13(10)23-2)8-18-14(19)11-12(15(20)21)17-7-6-16-11/h3-7H,8H2,1-2H3,(H,18,19)(H,20,21). The minimum absolute atomic E-state index is 0.120. The number of hydrogen-bond acceptors (Lipinski definition) is 6. The van der Waals surface area contributed by atoms with Gasteiger partial charge in [-0.05, 0) is 6.07 Å². The first kappa shape index (κ1) is 16.2. The molecule has 2 rings (SSSR count). The summed E-state index contributed by atoms with van der Waals surface area (Å²) in [5, 5.41) is 11.6. The zero-order valence-electron chi connectivity index (χ0n) is 12.6. The summed E-state index contributed by atoms with van der Waals surface area (Å²) in [4.78, 5) is 30.6. The van der Waals surface area contributed by atoms with Gasteiger partial charge in [0.25, 0.3) is 5.91 Å². The van der Waals surface area contributed by atoms with E-state index in [1.807, 2.05) is 0 Å². The summed E-state index contributed by atoms with van der Waals surface area (Å²) in [6.07, 6.45) is 2.47. The van der Waals surface area contributed by atoms with Crippen LogP contribution in [0.1, 0.15) is 26.5 Å². The van der Waals surface area contributed by atoms with Gasteiger partial charge in [-0.3, -0.25) is 4.79 Å². The molecule has 8 heteroatoms. The largest absolute Gasteiger partial charge is 0.493 e. The van der Waals surface area contributed by atoms with Crippen LogP contribution < -0.4 is 14.8 Å². The predicted octanol–water partition coefficient (Wildman–Crippen LogP) is 1.12. The van der Waals surface area contributed by atoms with E-state index in [1.165, 1.54) is 26.6 Å². The molecule has 2 aromatic rings. The van der Waals surface area contributed by atoms with Crippen molar-refractivity contribution in [1.29, 1.82) is 0 Å². The quantitative estimate of drug-likeness (QED) is 0.821. The van der Waals surface area contributed by atoms with Gasteiger partial charge < -0.3 is 19.9 Å². The Morgan fingerprint density at radius 2 is 1.83 bits per heavy atom. The van der Waals surface area contributed by atoms with Gasteiger partial charge in [-0.1, -0.05) is 12.1 Å². The lowest BCUT2D eigenvalue weighted by molar-refractivity contribution is 0.0683. The minimum atomic E-state index is -1.32. The molecule has 0 atom stereocenters. The number of carboxylic acids is 1. The number of methoxy groups -OCH3 is 2. The number of aromatic nitrogens is 2. The molecule has 0 aliphatic heterocycles. The second-order valence-corrected chi connectivity index (χ2v) is 4.39. The molecule has 0 aliphatic carbocycles. The lowest BCUT2D eigenvalue weighted by atomic mass is 10.1. The van der Waals surface area contributed by atoms with Gasteiger partial charge in [0.15, 0.2) is 22.9 Å². The van der Waals surface area contributed by atoms with Crippen LogP contribution in [0, 0.1) is 0 Å². The first-order chi connectivity index (χ1) is 11.1. The smallest absolute Gasteiger partial charge is 0.356 e. The van der Waals surface area contributed by atoms with E-state index in [0.29, 0.717) is 17.1 Å². The Bertz CT molecular complexity index is 733. The molecule has 1 amide bonds. The molecule has 2 N–H and O–H groups in total. The Morgan fingerprint density at radius 3 is 2.43 bits per heavy atom. The number of rotatable bonds is 6. The van der Waals surface area contributed by atoms with Crippen LogP contribution >= 0.6 is 0 Å². The Labute approximate surface area is 132 Å². The maximum absolute atomic E-state index is 12.1. The summed E-state index contributed by atoms with van der Waals surface area (Å²) >= 11 is 0. The molecule has 1 aromatic heterocycles. The van der Waals surface area contributed by atoms with Crippen molar-refractivity contribution >= 4 is 11.9 Å². The molecule has 0 unspecified atom stereocenters. The fourth-order valence-electron chi connectivity index (χ4n) is 2.01. The summed E-state index contributed by atoms with van der Waals surface area (Å²) in [5.74, 6) is -0.930. The number of nitrogens with zero attached hydrogens (tertiary/aromatic N) is 2. The lowest BCUT2D eigenvalue weighted by Crippen LogP contribution is -2.27. The first-order valence-corrected chi connectivity index (χ1v) is 6.60. The summed E-state index contributed by atoms with van der Waals surface area (Å²) in [7, 11) is 3.01. The van der Waals surface area contributed by atoms with Crippen LogP contribution in [0.5, 0.6) is 11.5 Å². The van der Waals surface area contributed by atoms with Crippen LogP contribution in [0.2, 0.25) is 0 Å². The third-order valence-electron chi connectivity index (χ3n) is 3.04. The molecule has 0 spiro atoms. The summed E-state index contributed by atoms with van der Waals surface area (Å²) in [5.41, 5.74) is 0.0328. The van der Waals surface area contributed by atoms with Crippen LogP contribution in [0.15, 0.2) is 30.6 Å². The van der Waals surface area contributed by atoms with Crippen molar-refractivity contribution in [3.05, 3.63) is 47.5 Å². The number of hydrogen-bond donors (Lipinski definition) is 2. The monoisotopic (exact) mass is 317 g/mol. The van der Waals surface area contributed by atoms with Gasteiger partial charge in [-0.15, -0.1) is 0 Å². The van der Waals surface area contributed by atoms with E-state index in [0.717, 1.165) is 0 Å². The third kappa shape index (κ3) is 3.54. The van der Waals surface area contributed by atoms with Crippen molar-refractivity contribution in [1.82, 2.24) is 15.3 Å². The maximum atomic E-state index is 12.1. The van der Waals surface area contributed by atoms with Gasteiger partial charge >= 0.3 is 5.97 Å². The lowest BCUT2D eigenvalue weighted by Gasteiger charge is -2.13. The molecule has 0 aliphatic rings. The average Bonchev–Trinajstić information content (AvgIpc) is 2.58. The Morgan fingerprint density at radius 1 is 1.13 bits per heavy atom. The molecule has 0 saturated carbocycles. The molecule has 0 saturated heterocycles. The molecule has 0 radical (unpaired) electrons. The van der Waals surface area contributed by atoms with Crippen LogP contribution in [-0.4, -0.2) is 41.2 Å². The van der Waals surface area contributed by atoms with Crippen LogP contribution in [0.3, 0.4) is 0 Å². The SMILES string of the molecule is COc1cccc(CNC(=O)c2nccnc2C(=O)O)c1OC. The van der Waals surface area contributed by atoms with Gasteiger partial charge in [0, 0.05) is 24.5 Å². The highest BCUT2D eigenvalue weighted by Gasteiger charge is 2.19. The molecule has 1 aromatic carbocycles. The zero-order chi connectivity index (χ0) is 16.8. The van der Waals surface area contributed by atoms with Crippen molar-refractivity contribution in [2.24, 2.45) is 0 Å². The topological polar surface area (TPSA) is 111 Å². The van der Waals surface area contributed by atoms with Crippen molar-refractivity contribution in [2.75, 3.05) is 14.2 Å². The zero-order valence-corrected chi connectivity index (χ0v) is 12.6. The van der Waals surface area contributed by atoms with E-state index in [2.05, 4.69) is 15.3 Å². The maximum Gasteiger partial charge on any atom is 0.356 e. The number of amides is 1. The van der Waals surface area contributed by atoms with Gasteiger partial charge in [0.05, 0.1) is 14.2 Å². The summed E-state index contributed by atoms with van der Waals surface area (Å²) < 4.78 is 10.5. The normalized spacial score (nSPS) is 10.0. The van der Waals surface area contributed by atoms with E-state index in [9.17, 15) is 9.59 Å². The van der Waals surface area contributed by atoms with Gasteiger partial charge in [0.2, 0.25) is 0 Å². The second kappa shape index (κ2) is 7.21. The summed E-state index contributed by atoms with van der Waals surface area (Å²) in [6, 6.07) is 5.25. The second-order valence-electron chi connectivity index (χ2n) is 4.39. The molecular formula is C15H15N3O5. The van der Waals surface area contributed by atoms with Crippen molar-refractivity contribution in [2.45, 2.75) is 6.54 Å². The molecule has 8 nitrogen and oxygen atoms in total. The fourth-order valence-corrected chi connectivity index (χ4v) is 2.01. The van der Waals surface area contributed by atoms with Gasteiger partial charge in [0.1, 0.15) is 0 Å². The Balaban J connectivity index is 2.19. The number of carboxylic acid groups (broad SMARTS) is 1. The number of ether oxygens (including phenoxy) is 2. The number of benzene rings is 1. The molecule has 1 heterocycles. The average molecular weight is 317 g/mol. The van der Waals surface area contributed by atoms with Crippen molar-refractivity contribution in [3.8, 4) is 11.5 Å². The van der Waals surface area contributed by atoms with Crippen LogP contribution in [-0.2, 0) is 6.54 Å². The number of nitrogens with one attached hydrogen (secondary N) is 1. The first-order valence-electron chi connectivity index (χ1n) is 6.60. The molecule has 120 valence electrons. The third-order valence-corrected chi connectivity index (χ3v) is 3.04. The number of carbonyl (C=O) groups is 2. The van der Waals surface area contributed by atoms with Gasteiger partial charge in [-0.25, -0.2) is 14.8 Å². The minimum Gasteiger partial charge on any atom is -0.493 e. The number of aromatic carboxylic acids is 1. The van der Waals surface area contributed by atoms with Crippen LogP contribution in [0.25, 0.3) is 0 Å². The van der Waals surface area contributed by atoms with Crippen molar-refractivity contribution < 1.29 is 24.2 Å². The molecular weight excluding hydrogens is 302 g/mol. The fraction of sp³-hybridized carbons (Fsp3) is 0.200. The van der Waals surface area contributed by atoms with E-state index < -0.39 is 17.6 Å². The highest BCUT2D eigenvalue weighted by Crippen LogP contribution is 2.30. The van der Waals surface area contributed by atoms with Crippen LogP contribution in [0.4, 0.5) is 0 Å². The van der Waals surface area contributed by atoms with Crippen molar-refractivity contribution in [3.63, 3.8) is 0 Å². The van der Waals surface area contributed by atoms with E-state index >= 15 is 0 Å². The van der Waals surface area contributed by atoms with E-state index in [4.69, 9.17) is 14.6 Å². The number of para-hydroxylation sites is 1. The highest BCUT2D eigenvalue weighted by atomic mass is 16.5. The summed E-state index contributed by atoms with van der Waals surface area (Å²) in [6.45, 7) is 0.120.